The molecule has 2 heterocycles. The summed E-state index contributed by atoms with van der Waals surface area (Å²) >= 11 is 1.63. The molecule has 3 nitrogen and oxygen atoms in total. The Bertz CT molecular complexity index is 506. The molecule has 1 aliphatic carbocycles. The molecule has 3 rings (SSSR count). The molecule has 0 aromatic carbocycles. The lowest BCUT2D eigenvalue weighted by Gasteiger charge is -2.26. The van der Waals surface area contributed by atoms with E-state index in [1.54, 1.807) is 11.3 Å². The van der Waals surface area contributed by atoms with E-state index in [0.717, 1.165) is 28.7 Å². The fourth-order valence-electron chi connectivity index (χ4n) is 3.34. The summed E-state index contributed by atoms with van der Waals surface area (Å²) in [4.78, 5) is 20.4. The number of hydrogen-bond donors (Lipinski definition) is 0. The summed E-state index contributed by atoms with van der Waals surface area (Å²) in [6, 6.07) is 0.621. The Labute approximate surface area is 119 Å². The van der Waals surface area contributed by atoms with E-state index in [9.17, 15) is 4.79 Å². The number of nitrogens with zero attached hydrogens (tertiary/aromatic N) is 2. The summed E-state index contributed by atoms with van der Waals surface area (Å²) in [5.74, 6) is 0.294. The summed E-state index contributed by atoms with van der Waals surface area (Å²) in [5, 5.41) is 1.08. The van der Waals surface area contributed by atoms with Crippen molar-refractivity contribution in [1.82, 2.24) is 4.98 Å². The normalized spacial score (nSPS) is 25.7. The zero-order chi connectivity index (χ0) is 13.6. The average molecular weight is 278 g/mol. The van der Waals surface area contributed by atoms with Crippen LogP contribution in [0.2, 0.25) is 0 Å². The van der Waals surface area contributed by atoms with Gasteiger partial charge in [0.1, 0.15) is 0 Å². The highest BCUT2D eigenvalue weighted by atomic mass is 32.1. The molecule has 4 heteroatoms. The van der Waals surface area contributed by atoms with E-state index >= 15 is 0 Å². The van der Waals surface area contributed by atoms with E-state index in [4.69, 9.17) is 4.98 Å². The number of ketones is 1. The van der Waals surface area contributed by atoms with E-state index in [0.29, 0.717) is 18.2 Å². The molecule has 0 N–H and O–H groups in total. The Morgan fingerprint density at radius 1 is 1.42 bits per heavy atom. The van der Waals surface area contributed by atoms with E-state index in [1.807, 2.05) is 0 Å². The van der Waals surface area contributed by atoms with Crippen LogP contribution in [-0.2, 0) is 6.42 Å². The van der Waals surface area contributed by atoms with Crippen LogP contribution in [0.3, 0.4) is 0 Å². The van der Waals surface area contributed by atoms with Gasteiger partial charge in [0.25, 0.3) is 0 Å². The lowest BCUT2D eigenvalue weighted by molar-refractivity contribution is 0.0916. The SMILES string of the molecule is CCC1CCCN1c1nc2c(s1)C(=O)CC(C)(C)C2. The molecule has 0 spiro atoms. The van der Waals surface area contributed by atoms with Crippen molar-refractivity contribution in [2.45, 2.75) is 58.9 Å². The first kappa shape index (κ1) is 13.1. The van der Waals surface area contributed by atoms with Crippen LogP contribution in [0, 0.1) is 5.41 Å². The van der Waals surface area contributed by atoms with Gasteiger partial charge in [-0.2, -0.15) is 0 Å². The molecule has 1 fully saturated rings. The molecule has 1 aromatic heterocycles. The third-order valence-electron chi connectivity index (χ3n) is 4.32. The minimum atomic E-state index is 0.0740. The molecule has 0 saturated carbocycles. The Hall–Kier alpha value is -0.900. The van der Waals surface area contributed by atoms with Crippen LogP contribution in [-0.4, -0.2) is 23.4 Å². The summed E-state index contributed by atoms with van der Waals surface area (Å²) in [5.41, 5.74) is 1.12. The number of fused-ring (bicyclic) bond motifs is 1. The number of thiazole rings is 1. The Morgan fingerprint density at radius 2 is 2.21 bits per heavy atom. The van der Waals surface area contributed by atoms with Crippen LogP contribution < -0.4 is 4.90 Å². The van der Waals surface area contributed by atoms with E-state index in [2.05, 4.69) is 25.7 Å². The van der Waals surface area contributed by atoms with Gasteiger partial charge in [0.05, 0.1) is 10.6 Å². The standard InChI is InChI=1S/C15H22N2OS/c1-4-10-6-5-7-17(10)14-16-11-8-15(2,3)9-12(18)13(11)19-14/h10H,4-9H2,1-3H3. The molecule has 1 aromatic rings. The second-order valence-corrected chi connectivity index (χ2v) is 7.59. The number of hydrogen-bond acceptors (Lipinski definition) is 4. The van der Waals surface area contributed by atoms with Gasteiger partial charge >= 0.3 is 0 Å². The van der Waals surface area contributed by atoms with Gasteiger partial charge in [0.2, 0.25) is 0 Å². The number of aromatic nitrogens is 1. The van der Waals surface area contributed by atoms with Gasteiger partial charge in [-0.3, -0.25) is 4.79 Å². The van der Waals surface area contributed by atoms with Crippen molar-refractivity contribution in [2.75, 3.05) is 11.4 Å². The third kappa shape index (κ3) is 2.31. The predicted molar refractivity (Wildman–Crippen MR) is 79.2 cm³/mol. The number of Topliss-reactive ketones (excluding diaryl/α,β-unsaturated/α-hetero) is 1. The second-order valence-electron chi connectivity index (χ2n) is 6.61. The van der Waals surface area contributed by atoms with Crippen LogP contribution in [0.15, 0.2) is 0 Å². The smallest absolute Gasteiger partial charge is 0.186 e. The van der Waals surface area contributed by atoms with Crippen molar-refractivity contribution in [3.8, 4) is 0 Å². The molecule has 1 aliphatic heterocycles. The van der Waals surface area contributed by atoms with Crippen molar-refractivity contribution in [3.05, 3.63) is 10.6 Å². The molecule has 0 radical (unpaired) electrons. The first-order chi connectivity index (χ1) is 9.00. The highest BCUT2D eigenvalue weighted by molar-refractivity contribution is 7.17. The van der Waals surface area contributed by atoms with E-state index < -0.39 is 0 Å². The molecule has 19 heavy (non-hydrogen) atoms. The summed E-state index contributed by atoms with van der Waals surface area (Å²) in [6.45, 7) is 7.67. The largest absolute Gasteiger partial charge is 0.345 e. The number of rotatable bonds is 2. The van der Waals surface area contributed by atoms with Crippen molar-refractivity contribution in [2.24, 2.45) is 5.41 Å². The highest BCUT2D eigenvalue weighted by Crippen LogP contribution is 2.40. The molecule has 0 bridgehead atoms. The molecular formula is C15H22N2OS. The third-order valence-corrected chi connectivity index (χ3v) is 5.49. The van der Waals surface area contributed by atoms with Crippen molar-refractivity contribution >= 4 is 22.3 Å². The summed E-state index contributed by atoms with van der Waals surface area (Å²) < 4.78 is 0. The van der Waals surface area contributed by atoms with E-state index in [-0.39, 0.29) is 5.41 Å². The lowest BCUT2D eigenvalue weighted by Crippen LogP contribution is -2.28. The van der Waals surface area contributed by atoms with Gasteiger partial charge in [0.15, 0.2) is 10.9 Å². The Morgan fingerprint density at radius 3 is 2.95 bits per heavy atom. The van der Waals surface area contributed by atoms with Gasteiger partial charge in [-0.25, -0.2) is 4.98 Å². The van der Waals surface area contributed by atoms with Gasteiger partial charge in [-0.15, -0.1) is 0 Å². The maximum absolute atomic E-state index is 12.2. The molecule has 2 aliphatic rings. The topological polar surface area (TPSA) is 33.2 Å². The highest BCUT2D eigenvalue weighted by Gasteiger charge is 2.35. The van der Waals surface area contributed by atoms with Crippen LogP contribution in [0.4, 0.5) is 5.13 Å². The summed E-state index contributed by atoms with van der Waals surface area (Å²) in [6.07, 6.45) is 5.29. The molecule has 0 amide bonds. The minimum Gasteiger partial charge on any atom is -0.345 e. The fourth-order valence-corrected chi connectivity index (χ4v) is 4.46. The molecule has 1 atom stereocenters. The van der Waals surface area contributed by atoms with Gasteiger partial charge in [-0.1, -0.05) is 32.1 Å². The maximum Gasteiger partial charge on any atom is 0.186 e. The average Bonchev–Trinajstić information content (AvgIpc) is 2.91. The Kier molecular flexibility index (Phi) is 3.16. The van der Waals surface area contributed by atoms with Crippen LogP contribution in [0.25, 0.3) is 0 Å². The minimum absolute atomic E-state index is 0.0740. The molecule has 1 unspecified atom stereocenters. The van der Waals surface area contributed by atoms with Gasteiger partial charge in [0, 0.05) is 19.0 Å². The predicted octanol–water partition coefficient (Wildman–Crippen LogP) is 3.68. The van der Waals surface area contributed by atoms with E-state index in [1.165, 1.54) is 19.3 Å². The monoisotopic (exact) mass is 278 g/mol. The van der Waals surface area contributed by atoms with Gasteiger partial charge < -0.3 is 4.90 Å². The zero-order valence-electron chi connectivity index (χ0n) is 12.0. The summed E-state index contributed by atoms with van der Waals surface area (Å²) in [7, 11) is 0. The fraction of sp³-hybridized carbons (Fsp3) is 0.733. The number of anilines is 1. The Balaban J connectivity index is 1.92. The van der Waals surface area contributed by atoms with Crippen molar-refractivity contribution < 1.29 is 4.79 Å². The van der Waals surface area contributed by atoms with Crippen LogP contribution >= 0.6 is 11.3 Å². The number of carbonyl (C=O) groups is 1. The molecule has 104 valence electrons. The quantitative estimate of drug-likeness (QED) is 0.827. The van der Waals surface area contributed by atoms with Crippen molar-refractivity contribution in [3.63, 3.8) is 0 Å². The van der Waals surface area contributed by atoms with Gasteiger partial charge in [-0.05, 0) is 31.1 Å². The molecular weight excluding hydrogens is 256 g/mol. The second kappa shape index (κ2) is 4.58. The van der Waals surface area contributed by atoms with Crippen molar-refractivity contribution in [1.29, 1.82) is 0 Å². The molecule has 1 saturated heterocycles. The maximum atomic E-state index is 12.2. The van der Waals surface area contributed by atoms with Crippen LogP contribution in [0.1, 0.15) is 61.8 Å². The number of carbonyl (C=O) groups excluding carboxylic acids is 1. The zero-order valence-corrected chi connectivity index (χ0v) is 12.8. The first-order valence-corrected chi connectivity index (χ1v) is 8.11. The van der Waals surface area contributed by atoms with Crippen LogP contribution in [0.5, 0.6) is 0 Å². The first-order valence-electron chi connectivity index (χ1n) is 7.30. The lowest BCUT2D eigenvalue weighted by atomic mass is 9.78.